The van der Waals surface area contributed by atoms with E-state index in [1.54, 1.807) is 0 Å². The van der Waals surface area contributed by atoms with Gasteiger partial charge in [-0.3, -0.25) is 4.79 Å². The molecule has 2 aromatic carbocycles. The summed E-state index contributed by atoms with van der Waals surface area (Å²) >= 11 is 5.82. The lowest BCUT2D eigenvalue weighted by Crippen LogP contribution is -2.49. The van der Waals surface area contributed by atoms with Gasteiger partial charge < -0.3 is 4.90 Å². The molecule has 2 unspecified atom stereocenters. The van der Waals surface area contributed by atoms with E-state index in [1.165, 1.54) is 49.7 Å². The summed E-state index contributed by atoms with van der Waals surface area (Å²) in [6.07, 6.45) is 13.5. The van der Waals surface area contributed by atoms with Crippen molar-refractivity contribution in [1.29, 1.82) is 0 Å². The van der Waals surface area contributed by atoms with Gasteiger partial charge in [0, 0.05) is 24.9 Å². The third-order valence-electron chi connectivity index (χ3n) is 7.75. The molecular weight excluding hydrogens is 422 g/mol. The summed E-state index contributed by atoms with van der Waals surface area (Å²) in [4.78, 5) is 16.3. The molecule has 2 aliphatic rings. The smallest absolute Gasteiger partial charge is 0.222 e. The van der Waals surface area contributed by atoms with Crippen LogP contribution in [0.2, 0.25) is 0 Å². The molecule has 1 amide bonds. The first-order chi connectivity index (χ1) is 16.2. The molecule has 0 spiro atoms. The number of carbonyl (C=O) groups is 1. The highest BCUT2D eigenvalue weighted by atomic mass is 32.1. The van der Waals surface area contributed by atoms with Crippen molar-refractivity contribution in [3.05, 3.63) is 71.8 Å². The summed E-state index contributed by atoms with van der Waals surface area (Å²) in [5, 5.41) is 0. The number of benzene rings is 2. The van der Waals surface area contributed by atoms with Crippen molar-refractivity contribution in [2.24, 2.45) is 5.92 Å². The number of carbonyl (C=O) groups excluding carboxylic acids is 1. The van der Waals surface area contributed by atoms with Gasteiger partial charge >= 0.3 is 0 Å². The Morgan fingerprint density at radius 1 is 0.818 bits per heavy atom. The molecule has 176 valence electrons. The highest BCUT2D eigenvalue weighted by Crippen LogP contribution is 2.35. The SMILES string of the molecule is O=C(CCCCCC(=S)CC(c1ccccc1)c1ccccc1)N1CCCC2CCCCC21. The van der Waals surface area contributed by atoms with Crippen LogP contribution in [0.3, 0.4) is 0 Å². The Labute approximate surface area is 205 Å². The predicted molar refractivity (Wildman–Crippen MR) is 142 cm³/mol. The second kappa shape index (κ2) is 12.5. The molecule has 33 heavy (non-hydrogen) atoms. The lowest BCUT2D eigenvalue weighted by molar-refractivity contribution is -0.137. The van der Waals surface area contributed by atoms with Crippen LogP contribution in [0.5, 0.6) is 0 Å². The number of rotatable bonds is 10. The van der Waals surface area contributed by atoms with Crippen molar-refractivity contribution in [2.45, 2.75) is 89.0 Å². The van der Waals surface area contributed by atoms with Crippen LogP contribution in [-0.2, 0) is 4.79 Å². The zero-order chi connectivity index (χ0) is 22.9. The molecule has 2 atom stereocenters. The van der Waals surface area contributed by atoms with Crippen LogP contribution in [0, 0.1) is 5.92 Å². The van der Waals surface area contributed by atoms with Gasteiger partial charge in [0.15, 0.2) is 0 Å². The summed E-state index contributed by atoms with van der Waals surface area (Å²) in [7, 11) is 0. The number of piperidine rings is 1. The Kier molecular flexibility index (Phi) is 9.11. The quantitative estimate of drug-likeness (QED) is 0.267. The Bertz CT molecular complexity index is 839. The van der Waals surface area contributed by atoms with Crippen LogP contribution in [0.25, 0.3) is 0 Å². The Hall–Kier alpha value is -2.00. The van der Waals surface area contributed by atoms with Crippen LogP contribution >= 0.6 is 12.2 Å². The number of amides is 1. The van der Waals surface area contributed by atoms with Crippen molar-refractivity contribution in [1.82, 2.24) is 4.90 Å². The third-order valence-corrected chi connectivity index (χ3v) is 8.12. The fourth-order valence-electron chi connectivity index (χ4n) is 5.98. The van der Waals surface area contributed by atoms with E-state index in [2.05, 4.69) is 65.6 Å². The monoisotopic (exact) mass is 461 g/mol. The average Bonchev–Trinajstić information content (AvgIpc) is 2.87. The molecule has 1 aliphatic carbocycles. The van der Waals surface area contributed by atoms with Gasteiger partial charge in [-0.05, 0) is 73.3 Å². The molecular formula is C30H39NOS. The first kappa shape index (κ1) is 24.1. The Balaban J connectivity index is 1.21. The van der Waals surface area contributed by atoms with E-state index in [0.717, 1.165) is 49.4 Å². The molecule has 1 heterocycles. The van der Waals surface area contributed by atoms with Gasteiger partial charge in [0.25, 0.3) is 0 Å². The third kappa shape index (κ3) is 6.76. The minimum Gasteiger partial charge on any atom is -0.339 e. The maximum absolute atomic E-state index is 12.9. The average molecular weight is 462 g/mol. The van der Waals surface area contributed by atoms with Crippen LogP contribution in [0.1, 0.15) is 94.1 Å². The van der Waals surface area contributed by atoms with Crippen molar-refractivity contribution in [3.63, 3.8) is 0 Å². The number of likely N-dealkylation sites (tertiary alicyclic amines) is 1. The summed E-state index contributed by atoms with van der Waals surface area (Å²) < 4.78 is 0. The number of thiocarbonyl (C=S) groups is 1. The maximum atomic E-state index is 12.9. The van der Waals surface area contributed by atoms with E-state index in [4.69, 9.17) is 12.2 Å². The van der Waals surface area contributed by atoms with Crippen molar-refractivity contribution in [3.8, 4) is 0 Å². The second-order valence-electron chi connectivity index (χ2n) is 10.0. The van der Waals surface area contributed by atoms with Gasteiger partial charge in [0.05, 0.1) is 0 Å². The van der Waals surface area contributed by atoms with Crippen LogP contribution in [-0.4, -0.2) is 28.3 Å². The fourth-order valence-corrected chi connectivity index (χ4v) is 6.29. The van der Waals surface area contributed by atoms with E-state index in [0.29, 0.717) is 24.3 Å². The van der Waals surface area contributed by atoms with Crippen LogP contribution in [0.15, 0.2) is 60.7 Å². The maximum Gasteiger partial charge on any atom is 0.222 e. The van der Waals surface area contributed by atoms with E-state index >= 15 is 0 Å². The molecule has 4 rings (SSSR count). The largest absolute Gasteiger partial charge is 0.339 e. The van der Waals surface area contributed by atoms with Crippen molar-refractivity contribution >= 4 is 23.0 Å². The minimum absolute atomic E-state index is 0.323. The predicted octanol–water partition coefficient (Wildman–Crippen LogP) is 7.71. The second-order valence-corrected chi connectivity index (χ2v) is 10.6. The molecule has 1 saturated heterocycles. The van der Waals surface area contributed by atoms with E-state index in [-0.39, 0.29) is 0 Å². The summed E-state index contributed by atoms with van der Waals surface area (Å²) in [5.41, 5.74) is 2.67. The Morgan fingerprint density at radius 2 is 1.42 bits per heavy atom. The zero-order valence-electron chi connectivity index (χ0n) is 20.0. The fraction of sp³-hybridized carbons (Fsp3) is 0.533. The number of fused-ring (bicyclic) bond motifs is 1. The van der Waals surface area contributed by atoms with Gasteiger partial charge in [-0.25, -0.2) is 0 Å². The van der Waals surface area contributed by atoms with Crippen molar-refractivity contribution in [2.75, 3.05) is 6.54 Å². The highest BCUT2D eigenvalue weighted by molar-refractivity contribution is 7.80. The molecule has 1 aliphatic heterocycles. The molecule has 3 heteroatoms. The first-order valence-electron chi connectivity index (χ1n) is 13.1. The lowest BCUT2D eigenvalue weighted by Gasteiger charge is -2.44. The Morgan fingerprint density at radius 3 is 2.12 bits per heavy atom. The highest BCUT2D eigenvalue weighted by Gasteiger charge is 2.35. The minimum atomic E-state index is 0.323. The van der Waals surface area contributed by atoms with Gasteiger partial charge in [0.2, 0.25) is 5.91 Å². The van der Waals surface area contributed by atoms with Gasteiger partial charge in [-0.1, -0.05) is 92.1 Å². The normalized spacial score (nSPS) is 20.5. The molecule has 2 fully saturated rings. The molecule has 1 saturated carbocycles. The van der Waals surface area contributed by atoms with Gasteiger partial charge in [-0.15, -0.1) is 0 Å². The van der Waals surface area contributed by atoms with Crippen LogP contribution < -0.4 is 0 Å². The first-order valence-corrected chi connectivity index (χ1v) is 13.5. The molecule has 0 bridgehead atoms. The molecule has 0 aromatic heterocycles. The van der Waals surface area contributed by atoms with E-state index in [1.807, 2.05) is 0 Å². The standard InChI is InChI=1S/C30H39NOS/c32-30(31-22-12-18-26-17-10-11-20-29(26)31)21-9-3-8-19-27(33)23-28(24-13-4-1-5-14-24)25-15-6-2-7-16-25/h1-2,4-7,13-16,26,28-29H,3,8-12,17-23H2. The van der Waals surface area contributed by atoms with Crippen LogP contribution in [0.4, 0.5) is 0 Å². The van der Waals surface area contributed by atoms with E-state index < -0.39 is 0 Å². The van der Waals surface area contributed by atoms with Gasteiger partial charge in [-0.2, -0.15) is 0 Å². The molecule has 0 N–H and O–H groups in total. The summed E-state index contributed by atoms with van der Waals surface area (Å²) in [6.45, 7) is 0.991. The number of nitrogens with zero attached hydrogens (tertiary/aromatic N) is 1. The number of hydrogen-bond donors (Lipinski definition) is 0. The van der Waals surface area contributed by atoms with Gasteiger partial charge in [0.1, 0.15) is 0 Å². The molecule has 2 nitrogen and oxygen atoms in total. The number of hydrogen-bond acceptors (Lipinski definition) is 2. The zero-order valence-corrected chi connectivity index (χ0v) is 20.8. The molecule has 2 aromatic rings. The van der Waals surface area contributed by atoms with E-state index in [9.17, 15) is 4.79 Å². The summed E-state index contributed by atoms with van der Waals surface area (Å²) in [6, 6.07) is 22.0. The molecule has 0 radical (unpaired) electrons. The lowest BCUT2D eigenvalue weighted by atomic mass is 9.78. The summed E-state index contributed by atoms with van der Waals surface area (Å²) in [5.74, 6) is 1.50. The topological polar surface area (TPSA) is 20.3 Å². The van der Waals surface area contributed by atoms with Crippen molar-refractivity contribution < 1.29 is 4.79 Å². The number of unbranched alkanes of at least 4 members (excludes halogenated alkanes) is 2.